The number of nitrogens with zero attached hydrogens (tertiary/aromatic N) is 3. The van der Waals surface area contributed by atoms with Gasteiger partial charge in [0, 0.05) is 25.6 Å². The predicted octanol–water partition coefficient (Wildman–Crippen LogP) is -0.0942. The first-order chi connectivity index (χ1) is 6.84. The van der Waals surface area contributed by atoms with Crippen LogP contribution in [0, 0.1) is 0 Å². The molecule has 1 fully saturated rings. The third-order valence-electron chi connectivity index (χ3n) is 2.57. The Labute approximate surface area is 83.5 Å². The van der Waals surface area contributed by atoms with E-state index in [4.69, 9.17) is 4.52 Å². The van der Waals surface area contributed by atoms with Crippen LogP contribution in [0.2, 0.25) is 0 Å². The van der Waals surface area contributed by atoms with Gasteiger partial charge in [-0.15, -0.1) is 0 Å². The Kier molecular flexibility index (Phi) is 3.10. The lowest BCUT2D eigenvalue weighted by molar-refractivity contribution is 0.367. The minimum atomic E-state index is 0.628. The summed E-state index contributed by atoms with van der Waals surface area (Å²) in [5.41, 5.74) is 0. The Balaban J connectivity index is 1.64. The van der Waals surface area contributed by atoms with Crippen LogP contribution >= 0.6 is 0 Å². The monoisotopic (exact) mass is 196 g/mol. The number of rotatable bonds is 4. The van der Waals surface area contributed by atoms with E-state index in [1.54, 1.807) is 0 Å². The van der Waals surface area contributed by atoms with Crippen LogP contribution in [0.15, 0.2) is 10.9 Å². The van der Waals surface area contributed by atoms with Gasteiger partial charge in [0.05, 0.1) is 0 Å². The van der Waals surface area contributed by atoms with Crippen molar-refractivity contribution in [3.63, 3.8) is 0 Å². The van der Waals surface area contributed by atoms with Crippen molar-refractivity contribution in [2.45, 2.75) is 18.9 Å². The van der Waals surface area contributed by atoms with Gasteiger partial charge in [-0.2, -0.15) is 4.98 Å². The maximum absolute atomic E-state index is 4.91. The summed E-state index contributed by atoms with van der Waals surface area (Å²) in [4.78, 5) is 6.30. The molecule has 5 nitrogen and oxygen atoms in total. The van der Waals surface area contributed by atoms with Crippen molar-refractivity contribution in [2.75, 3.05) is 26.7 Å². The highest BCUT2D eigenvalue weighted by atomic mass is 16.5. The fourth-order valence-electron chi connectivity index (χ4n) is 1.79. The predicted molar refractivity (Wildman–Crippen MR) is 51.9 cm³/mol. The average Bonchev–Trinajstić information content (AvgIpc) is 2.77. The Morgan fingerprint density at radius 2 is 2.64 bits per heavy atom. The van der Waals surface area contributed by atoms with E-state index in [-0.39, 0.29) is 0 Å². The highest BCUT2D eigenvalue weighted by Gasteiger charge is 2.18. The SMILES string of the molecule is CN1CCC(NCCc2ncno2)C1. The Hall–Kier alpha value is -0.940. The largest absolute Gasteiger partial charge is 0.340 e. The maximum Gasteiger partial charge on any atom is 0.227 e. The zero-order chi connectivity index (χ0) is 9.80. The number of hydrogen-bond acceptors (Lipinski definition) is 5. The lowest BCUT2D eigenvalue weighted by atomic mass is 10.2. The van der Waals surface area contributed by atoms with Gasteiger partial charge in [0.2, 0.25) is 5.89 Å². The van der Waals surface area contributed by atoms with E-state index in [9.17, 15) is 0 Å². The fraction of sp³-hybridized carbons (Fsp3) is 0.778. The van der Waals surface area contributed by atoms with E-state index >= 15 is 0 Å². The van der Waals surface area contributed by atoms with Gasteiger partial charge >= 0.3 is 0 Å². The van der Waals surface area contributed by atoms with Gasteiger partial charge in [0.15, 0.2) is 6.33 Å². The second-order valence-electron chi connectivity index (χ2n) is 3.79. The van der Waals surface area contributed by atoms with Crippen molar-refractivity contribution in [3.8, 4) is 0 Å². The summed E-state index contributed by atoms with van der Waals surface area (Å²) in [6, 6.07) is 0.628. The summed E-state index contributed by atoms with van der Waals surface area (Å²) >= 11 is 0. The summed E-state index contributed by atoms with van der Waals surface area (Å²) in [5.74, 6) is 0.712. The molecular formula is C9H16N4O. The minimum absolute atomic E-state index is 0.628. The molecule has 0 saturated carbocycles. The van der Waals surface area contributed by atoms with Crippen molar-refractivity contribution < 1.29 is 4.52 Å². The Morgan fingerprint density at radius 1 is 1.71 bits per heavy atom. The van der Waals surface area contributed by atoms with Gasteiger partial charge in [-0.1, -0.05) is 5.16 Å². The van der Waals surface area contributed by atoms with Crippen LogP contribution < -0.4 is 5.32 Å². The summed E-state index contributed by atoms with van der Waals surface area (Å²) < 4.78 is 4.91. The molecular weight excluding hydrogens is 180 g/mol. The summed E-state index contributed by atoms with van der Waals surface area (Å²) in [6.07, 6.45) is 3.50. The highest BCUT2D eigenvalue weighted by molar-refractivity contribution is 4.81. The molecule has 0 spiro atoms. The molecule has 78 valence electrons. The van der Waals surface area contributed by atoms with Gasteiger partial charge in [0.25, 0.3) is 0 Å². The van der Waals surface area contributed by atoms with E-state index in [2.05, 4.69) is 27.4 Å². The standard InChI is InChI=1S/C9H16N4O/c1-13-5-3-8(6-13)10-4-2-9-11-7-12-14-9/h7-8,10H,2-6H2,1H3. The Morgan fingerprint density at radius 3 is 3.29 bits per heavy atom. The number of aromatic nitrogens is 2. The fourth-order valence-corrected chi connectivity index (χ4v) is 1.79. The molecule has 1 unspecified atom stereocenters. The first kappa shape index (κ1) is 9.61. The molecule has 0 aromatic carbocycles. The second-order valence-corrected chi connectivity index (χ2v) is 3.79. The molecule has 2 heterocycles. The van der Waals surface area contributed by atoms with Crippen LogP contribution in [-0.4, -0.2) is 47.8 Å². The van der Waals surface area contributed by atoms with Crippen molar-refractivity contribution in [2.24, 2.45) is 0 Å². The van der Waals surface area contributed by atoms with Crippen molar-refractivity contribution >= 4 is 0 Å². The lowest BCUT2D eigenvalue weighted by Gasteiger charge is -2.11. The van der Waals surface area contributed by atoms with Gasteiger partial charge in [-0.05, 0) is 20.0 Å². The minimum Gasteiger partial charge on any atom is -0.340 e. The van der Waals surface area contributed by atoms with E-state index in [1.807, 2.05) is 0 Å². The van der Waals surface area contributed by atoms with E-state index in [1.165, 1.54) is 19.3 Å². The van der Waals surface area contributed by atoms with E-state index in [0.717, 1.165) is 19.5 Å². The number of nitrogens with one attached hydrogen (secondary N) is 1. The molecule has 14 heavy (non-hydrogen) atoms. The van der Waals surface area contributed by atoms with Crippen molar-refractivity contribution in [1.29, 1.82) is 0 Å². The zero-order valence-electron chi connectivity index (χ0n) is 8.44. The third kappa shape index (κ3) is 2.52. The number of hydrogen-bond donors (Lipinski definition) is 1. The molecule has 1 aromatic rings. The highest BCUT2D eigenvalue weighted by Crippen LogP contribution is 2.05. The smallest absolute Gasteiger partial charge is 0.227 e. The molecule has 0 bridgehead atoms. The normalized spacial score (nSPS) is 23.1. The van der Waals surface area contributed by atoms with Crippen LogP contribution in [0.4, 0.5) is 0 Å². The second kappa shape index (κ2) is 4.52. The molecule has 1 atom stereocenters. The zero-order valence-corrected chi connectivity index (χ0v) is 8.44. The van der Waals surface area contributed by atoms with Crippen LogP contribution in [0.5, 0.6) is 0 Å². The summed E-state index contributed by atoms with van der Waals surface area (Å²) in [5, 5.41) is 7.04. The van der Waals surface area contributed by atoms with Gasteiger partial charge in [-0.3, -0.25) is 0 Å². The summed E-state index contributed by atoms with van der Waals surface area (Å²) in [7, 11) is 2.15. The molecule has 1 aliphatic heterocycles. The third-order valence-corrected chi connectivity index (χ3v) is 2.57. The van der Waals surface area contributed by atoms with Crippen LogP contribution in [0.3, 0.4) is 0 Å². The van der Waals surface area contributed by atoms with Crippen LogP contribution in [-0.2, 0) is 6.42 Å². The lowest BCUT2D eigenvalue weighted by Crippen LogP contribution is -2.32. The molecule has 1 aromatic heterocycles. The molecule has 2 rings (SSSR count). The molecule has 1 N–H and O–H groups in total. The topological polar surface area (TPSA) is 54.2 Å². The number of likely N-dealkylation sites (tertiary alicyclic amines) is 1. The molecule has 5 heteroatoms. The van der Waals surface area contributed by atoms with Crippen LogP contribution in [0.25, 0.3) is 0 Å². The molecule has 1 saturated heterocycles. The van der Waals surface area contributed by atoms with Gasteiger partial charge < -0.3 is 14.7 Å². The average molecular weight is 196 g/mol. The molecule has 0 aliphatic carbocycles. The van der Waals surface area contributed by atoms with Crippen LogP contribution in [0.1, 0.15) is 12.3 Å². The first-order valence-corrected chi connectivity index (χ1v) is 5.02. The summed E-state index contributed by atoms with van der Waals surface area (Å²) in [6.45, 7) is 3.25. The number of likely N-dealkylation sites (N-methyl/N-ethyl adjacent to an activating group) is 1. The maximum atomic E-state index is 4.91. The quantitative estimate of drug-likeness (QED) is 0.729. The molecule has 0 radical (unpaired) electrons. The van der Waals surface area contributed by atoms with Gasteiger partial charge in [0.1, 0.15) is 0 Å². The first-order valence-electron chi connectivity index (χ1n) is 5.02. The van der Waals surface area contributed by atoms with Gasteiger partial charge in [-0.25, -0.2) is 0 Å². The molecule has 1 aliphatic rings. The van der Waals surface area contributed by atoms with Crippen molar-refractivity contribution in [1.82, 2.24) is 20.4 Å². The van der Waals surface area contributed by atoms with E-state index in [0.29, 0.717) is 11.9 Å². The van der Waals surface area contributed by atoms with Crippen molar-refractivity contribution in [3.05, 3.63) is 12.2 Å². The molecule has 0 amide bonds. The Bertz CT molecular complexity index is 262. The van der Waals surface area contributed by atoms with E-state index < -0.39 is 0 Å².